The third-order valence-corrected chi connectivity index (χ3v) is 10.00. The summed E-state index contributed by atoms with van der Waals surface area (Å²) in [6, 6.07) is 14.4. The highest BCUT2D eigenvalue weighted by Gasteiger charge is 2.65. The van der Waals surface area contributed by atoms with Gasteiger partial charge in [-0.05, 0) is 74.1 Å². The fraction of sp³-hybridized carbons (Fsp3) is 0.364. The predicted octanol–water partition coefficient (Wildman–Crippen LogP) is 6.46. The summed E-state index contributed by atoms with van der Waals surface area (Å²) >= 11 is 12.5. The maximum Gasteiger partial charge on any atom is 0.337 e. The van der Waals surface area contributed by atoms with Gasteiger partial charge in [-0.2, -0.15) is 0 Å². The number of fused-ring (bicyclic) bond motifs is 1. The van der Waals surface area contributed by atoms with E-state index in [2.05, 4.69) is 5.32 Å². The molecule has 3 aromatic carbocycles. The molecule has 0 bridgehead atoms. The van der Waals surface area contributed by atoms with Crippen molar-refractivity contribution in [2.75, 3.05) is 30.4 Å². The fourth-order valence-electron chi connectivity index (χ4n) is 7.12. The van der Waals surface area contributed by atoms with Crippen LogP contribution in [-0.4, -0.2) is 59.4 Å². The summed E-state index contributed by atoms with van der Waals surface area (Å²) in [6.45, 7) is 2.30. The standard InChI is InChI=1S/C33H31Cl2FN4O6/c1-33(32(43)37-21-6-3-5-20(34)16-21)28(22-7-4-8-23(35)29(22)36)27-25(39(33)17-18-9-10-18)13-14-38(30(27)41)26-15-19(31(42)46-2)11-12-24(26)40(44)45/h3-8,11-12,15-16,18,25,27-28H,9-10,13-14,17H2,1-2H3,(H,37,43)/t25-,27+,28-,33+/m0/s1. The fourth-order valence-corrected chi connectivity index (χ4v) is 7.49. The molecule has 0 unspecified atom stereocenters. The number of hydrogen-bond donors (Lipinski definition) is 1. The smallest absolute Gasteiger partial charge is 0.337 e. The lowest BCUT2D eigenvalue weighted by atomic mass is 9.72. The van der Waals surface area contributed by atoms with E-state index >= 15 is 4.39 Å². The molecule has 4 atom stereocenters. The molecule has 2 aliphatic heterocycles. The average molecular weight is 670 g/mol. The van der Waals surface area contributed by atoms with Gasteiger partial charge < -0.3 is 15.0 Å². The molecule has 2 heterocycles. The average Bonchev–Trinajstić information content (AvgIpc) is 3.82. The number of nitro benzene ring substituents is 1. The normalized spacial score (nSPS) is 24.4. The Kier molecular flexibility index (Phi) is 8.51. The summed E-state index contributed by atoms with van der Waals surface area (Å²) < 4.78 is 20.8. The lowest BCUT2D eigenvalue weighted by Gasteiger charge is -2.40. The second-order valence-electron chi connectivity index (χ2n) is 12.2. The molecule has 0 spiro atoms. The third kappa shape index (κ3) is 5.50. The SMILES string of the molecule is COC(=O)c1ccc([N+](=O)[O-])c(N2CC[C@H]3[C@@H](C2=O)[C@H](c2cccc(Cl)c2F)[C@](C)(C(=O)Nc2cccc(Cl)c2)N3CC2CC2)c1. The van der Waals surface area contributed by atoms with Crippen molar-refractivity contribution in [2.45, 2.75) is 43.7 Å². The first-order chi connectivity index (χ1) is 21.9. The molecule has 1 saturated carbocycles. The van der Waals surface area contributed by atoms with Gasteiger partial charge in [0.05, 0.1) is 28.5 Å². The number of carbonyl (C=O) groups excluding carboxylic acids is 3. The van der Waals surface area contributed by atoms with Crippen molar-refractivity contribution in [3.05, 3.63) is 97.8 Å². The summed E-state index contributed by atoms with van der Waals surface area (Å²) in [4.78, 5) is 56.4. The van der Waals surface area contributed by atoms with Crippen molar-refractivity contribution >= 4 is 58.0 Å². The molecule has 240 valence electrons. The number of rotatable bonds is 8. The van der Waals surface area contributed by atoms with Gasteiger partial charge in [0.1, 0.15) is 17.0 Å². The molecule has 3 aromatic rings. The molecule has 0 aromatic heterocycles. The molecule has 2 saturated heterocycles. The summed E-state index contributed by atoms with van der Waals surface area (Å²) in [5.41, 5.74) is -1.34. The van der Waals surface area contributed by atoms with E-state index in [4.69, 9.17) is 27.9 Å². The van der Waals surface area contributed by atoms with Gasteiger partial charge in [0.2, 0.25) is 11.8 Å². The van der Waals surface area contributed by atoms with Gasteiger partial charge >= 0.3 is 5.97 Å². The van der Waals surface area contributed by atoms with Crippen molar-refractivity contribution in [2.24, 2.45) is 11.8 Å². The number of carbonyl (C=O) groups is 3. The summed E-state index contributed by atoms with van der Waals surface area (Å²) in [5.74, 6) is -4.17. The van der Waals surface area contributed by atoms with E-state index in [1.165, 1.54) is 36.3 Å². The number of ether oxygens (including phenoxy) is 1. The summed E-state index contributed by atoms with van der Waals surface area (Å²) in [5, 5.41) is 15.3. The number of hydrogen-bond acceptors (Lipinski definition) is 7. The number of likely N-dealkylation sites (tertiary alicyclic amines) is 1. The first-order valence-electron chi connectivity index (χ1n) is 14.9. The highest BCUT2D eigenvalue weighted by Crippen LogP contribution is 2.55. The van der Waals surface area contributed by atoms with Crippen molar-refractivity contribution < 1.29 is 28.4 Å². The molecular formula is C33H31Cl2FN4O6. The Bertz CT molecular complexity index is 1750. The van der Waals surface area contributed by atoms with Gasteiger partial charge in [-0.25, -0.2) is 9.18 Å². The molecule has 1 N–H and O–H groups in total. The van der Waals surface area contributed by atoms with Crippen LogP contribution in [0.1, 0.15) is 48.0 Å². The van der Waals surface area contributed by atoms with E-state index in [9.17, 15) is 24.5 Å². The number of anilines is 2. The number of esters is 1. The predicted molar refractivity (Wildman–Crippen MR) is 171 cm³/mol. The van der Waals surface area contributed by atoms with Gasteiger partial charge in [-0.15, -0.1) is 0 Å². The Labute approximate surface area is 274 Å². The minimum Gasteiger partial charge on any atom is -0.465 e. The second-order valence-corrected chi connectivity index (χ2v) is 13.0. The Morgan fingerprint density at radius 1 is 1.11 bits per heavy atom. The number of benzene rings is 3. The zero-order chi connectivity index (χ0) is 32.9. The zero-order valence-electron chi connectivity index (χ0n) is 25.0. The third-order valence-electron chi connectivity index (χ3n) is 9.47. The summed E-state index contributed by atoms with van der Waals surface area (Å²) in [7, 11) is 1.19. The van der Waals surface area contributed by atoms with E-state index < -0.39 is 51.9 Å². The summed E-state index contributed by atoms with van der Waals surface area (Å²) in [6.07, 6.45) is 2.26. The number of nitrogens with zero attached hydrogens (tertiary/aromatic N) is 3. The molecular weight excluding hydrogens is 638 g/mol. The highest BCUT2D eigenvalue weighted by atomic mass is 35.5. The lowest BCUT2D eigenvalue weighted by Crippen LogP contribution is -2.56. The number of nitro groups is 1. The van der Waals surface area contributed by atoms with Crippen molar-refractivity contribution in [3.8, 4) is 0 Å². The first-order valence-corrected chi connectivity index (χ1v) is 15.7. The molecule has 13 heteroatoms. The molecule has 3 aliphatic rings. The van der Waals surface area contributed by atoms with Crippen LogP contribution < -0.4 is 10.2 Å². The largest absolute Gasteiger partial charge is 0.465 e. The Morgan fingerprint density at radius 3 is 2.52 bits per heavy atom. The zero-order valence-corrected chi connectivity index (χ0v) is 26.6. The number of halogens is 3. The first kappa shape index (κ1) is 31.9. The van der Waals surface area contributed by atoms with Crippen LogP contribution in [0.5, 0.6) is 0 Å². The maximum atomic E-state index is 16.0. The number of piperidine rings is 1. The van der Waals surface area contributed by atoms with Crippen molar-refractivity contribution in [3.63, 3.8) is 0 Å². The highest BCUT2D eigenvalue weighted by molar-refractivity contribution is 6.31. The minimum absolute atomic E-state index is 0.0305. The lowest BCUT2D eigenvalue weighted by molar-refractivity contribution is -0.384. The number of nitrogens with one attached hydrogen (secondary N) is 1. The van der Waals surface area contributed by atoms with Crippen LogP contribution in [0.15, 0.2) is 60.7 Å². The minimum atomic E-state index is -1.45. The molecule has 1 aliphatic carbocycles. The van der Waals surface area contributed by atoms with Gasteiger partial charge in [-0.3, -0.25) is 24.6 Å². The molecule has 6 rings (SSSR count). The van der Waals surface area contributed by atoms with E-state index in [0.717, 1.165) is 18.9 Å². The molecule has 2 amide bonds. The monoisotopic (exact) mass is 668 g/mol. The van der Waals surface area contributed by atoms with Crippen LogP contribution in [0, 0.1) is 27.8 Å². The van der Waals surface area contributed by atoms with Crippen molar-refractivity contribution in [1.82, 2.24) is 4.90 Å². The Hall–Kier alpha value is -4.06. The maximum absolute atomic E-state index is 16.0. The van der Waals surface area contributed by atoms with Gasteiger partial charge in [0, 0.05) is 41.8 Å². The van der Waals surface area contributed by atoms with E-state index in [1.54, 1.807) is 37.3 Å². The molecule has 10 nitrogen and oxygen atoms in total. The number of amides is 2. The quantitative estimate of drug-likeness (QED) is 0.166. The number of methoxy groups -OCH3 is 1. The van der Waals surface area contributed by atoms with E-state index in [0.29, 0.717) is 29.6 Å². The van der Waals surface area contributed by atoms with Crippen LogP contribution in [-0.2, 0) is 14.3 Å². The Balaban J connectivity index is 1.51. The van der Waals surface area contributed by atoms with Gasteiger partial charge in [0.25, 0.3) is 5.69 Å². The van der Waals surface area contributed by atoms with Crippen LogP contribution in [0.25, 0.3) is 0 Å². The van der Waals surface area contributed by atoms with Gasteiger partial charge in [0.15, 0.2) is 0 Å². The van der Waals surface area contributed by atoms with Crippen molar-refractivity contribution in [1.29, 1.82) is 0 Å². The van der Waals surface area contributed by atoms with E-state index in [-0.39, 0.29) is 34.1 Å². The second kappa shape index (κ2) is 12.3. The van der Waals surface area contributed by atoms with Crippen LogP contribution in [0.2, 0.25) is 10.0 Å². The topological polar surface area (TPSA) is 122 Å². The van der Waals surface area contributed by atoms with Gasteiger partial charge in [-0.1, -0.05) is 41.4 Å². The van der Waals surface area contributed by atoms with Crippen LogP contribution in [0.3, 0.4) is 0 Å². The van der Waals surface area contributed by atoms with Crippen LogP contribution >= 0.6 is 23.2 Å². The Morgan fingerprint density at radius 2 is 1.85 bits per heavy atom. The molecule has 46 heavy (non-hydrogen) atoms. The van der Waals surface area contributed by atoms with E-state index in [1.807, 2.05) is 4.90 Å². The molecule has 0 radical (unpaired) electrons. The van der Waals surface area contributed by atoms with Crippen LogP contribution in [0.4, 0.5) is 21.5 Å². The molecule has 3 fully saturated rings.